The molecule has 5 heteroatoms. The number of hydrogen-bond donors (Lipinski definition) is 2. The van der Waals surface area contributed by atoms with Crippen LogP contribution in [0.1, 0.15) is 23.7 Å². The van der Waals surface area contributed by atoms with Crippen molar-refractivity contribution in [3.63, 3.8) is 0 Å². The van der Waals surface area contributed by atoms with Gasteiger partial charge in [0.2, 0.25) is 5.91 Å². The van der Waals surface area contributed by atoms with Gasteiger partial charge in [0.25, 0.3) is 0 Å². The molecule has 2 rings (SSSR count). The number of carbonyl (C=O) groups is 1. The van der Waals surface area contributed by atoms with E-state index in [0.717, 1.165) is 20.1 Å². The van der Waals surface area contributed by atoms with E-state index in [2.05, 4.69) is 37.2 Å². The molecule has 0 saturated heterocycles. The molecule has 22 heavy (non-hydrogen) atoms. The summed E-state index contributed by atoms with van der Waals surface area (Å²) >= 11 is 6.83. The molecule has 0 aliphatic carbocycles. The number of hydrogen-bond acceptors (Lipinski definition) is 2. The molecule has 0 unspecified atom stereocenters. The van der Waals surface area contributed by atoms with Gasteiger partial charge >= 0.3 is 0 Å². The molecule has 0 heterocycles. The number of aliphatic hydroxyl groups is 1. The lowest BCUT2D eigenvalue weighted by Crippen LogP contribution is -2.28. The fourth-order valence-corrected chi connectivity index (χ4v) is 2.98. The molecule has 2 N–H and O–H groups in total. The maximum absolute atomic E-state index is 11.9. The maximum atomic E-state index is 11.9. The van der Waals surface area contributed by atoms with Gasteiger partial charge in [-0.05, 0) is 35.7 Å². The van der Waals surface area contributed by atoms with E-state index in [1.165, 1.54) is 0 Å². The third kappa shape index (κ3) is 5.23. The molecule has 0 saturated carbocycles. The zero-order valence-electron chi connectivity index (χ0n) is 11.9. The van der Waals surface area contributed by atoms with Crippen molar-refractivity contribution in [2.24, 2.45) is 0 Å². The number of amides is 1. The van der Waals surface area contributed by atoms with Crippen molar-refractivity contribution in [2.45, 2.75) is 18.9 Å². The highest BCUT2D eigenvalue weighted by Crippen LogP contribution is 2.18. The van der Waals surface area contributed by atoms with Crippen LogP contribution in [-0.2, 0) is 11.2 Å². The largest absolute Gasteiger partial charge is 0.387 e. The van der Waals surface area contributed by atoms with Crippen LogP contribution in [0.25, 0.3) is 0 Å². The first-order chi connectivity index (χ1) is 10.6. The third-order valence-corrected chi connectivity index (χ3v) is 4.57. The Morgan fingerprint density at radius 1 is 1.14 bits per heavy atom. The molecule has 0 fully saturated rings. The van der Waals surface area contributed by atoms with Gasteiger partial charge in [0.05, 0.1) is 6.10 Å². The minimum atomic E-state index is -0.704. The van der Waals surface area contributed by atoms with Crippen molar-refractivity contribution in [3.8, 4) is 0 Å². The Labute approximate surface area is 147 Å². The molecular formula is C17H17Br2NO2. The lowest BCUT2D eigenvalue weighted by atomic mass is 10.1. The van der Waals surface area contributed by atoms with Gasteiger partial charge in [-0.3, -0.25) is 4.79 Å². The number of nitrogens with one attached hydrogen (secondary N) is 1. The molecule has 0 aliphatic rings. The second-order valence-corrected chi connectivity index (χ2v) is 6.74. The summed E-state index contributed by atoms with van der Waals surface area (Å²) < 4.78 is 1.92. The first-order valence-electron chi connectivity index (χ1n) is 7.00. The summed E-state index contributed by atoms with van der Waals surface area (Å²) in [6.45, 7) is 0.214. The predicted molar refractivity (Wildman–Crippen MR) is 94.6 cm³/mol. The van der Waals surface area contributed by atoms with Crippen LogP contribution in [0.4, 0.5) is 0 Å². The lowest BCUT2D eigenvalue weighted by Gasteiger charge is -2.13. The molecule has 1 amide bonds. The molecule has 0 aromatic heterocycles. The number of aliphatic hydroxyl groups excluding tert-OH is 1. The van der Waals surface area contributed by atoms with Crippen LogP contribution in [0, 0.1) is 0 Å². The second-order valence-electron chi connectivity index (χ2n) is 4.97. The van der Waals surface area contributed by atoms with E-state index in [9.17, 15) is 9.90 Å². The Bertz CT molecular complexity index is 646. The normalized spacial score (nSPS) is 12.0. The summed E-state index contributed by atoms with van der Waals surface area (Å²) in [7, 11) is 0. The van der Waals surface area contributed by atoms with Gasteiger partial charge < -0.3 is 10.4 Å². The fourth-order valence-electron chi connectivity index (χ4n) is 2.08. The van der Waals surface area contributed by atoms with Gasteiger partial charge in [0, 0.05) is 21.9 Å². The van der Waals surface area contributed by atoms with Crippen molar-refractivity contribution in [1.29, 1.82) is 0 Å². The smallest absolute Gasteiger partial charge is 0.220 e. The minimum Gasteiger partial charge on any atom is -0.387 e. The van der Waals surface area contributed by atoms with Crippen LogP contribution in [0.3, 0.4) is 0 Å². The average molecular weight is 427 g/mol. The Kier molecular flexibility index (Phi) is 6.61. The molecule has 1 atom stereocenters. The number of halogens is 2. The van der Waals surface area contributed by atoms with E-state index in [1.54, 1.807) is 0 Å². The van der Waals surface area contributed by atoms with Gasteiger partial charge in [-0.15, -0.1) is 0 Å². The zero-order valence-corrected chi connectivity index (χ0v) is 15.1. The Morgan fingerprint density at radius 2 is 1.91 bits per heavy atom. The molecule has 0 aliphatic heterocycles. The van der Waals surface area contributed by atoms with Crippen molar-refractivity contribution < 1.29 is 9.90 Å². The topological polar surface area (TPSA) is 49.3 Å². The highest BCUT2D eigenvalue weighted by molar-refractivity contribution is 9.10. The van der Waals surface area contributed by atoms with E-state index >= 15 is 0 Å². The number of carbonyl (C=O) groups excluding carboxylic acids is 1. The standard InChI is InChI=1S/C17H17Br2NO2/c18-14-6-3-5-13(10-14)16(21)11-20-17(22)9-8-12-4-1-2-7-15(12)19/h1-7,10,16,21H,8-9,11H2,(H,20,22)/t16-/m0/s1. The number of benzene rings is 2. The molecule has 0 spiro atoms. The average Bonchev–Trinajstić information content (AvgIpc) is 2.52. The van der Waals surface area contributed by atoms with Crippen molar-refractivity contribution in [2.75, 3.05) is 6.54 Å². The van der Waals surface area contributed by atoms with Crippen LogP contribution in [0.2, 0.25) is 0 Å². The van der Waals surface area contributed by atoms with Crippen LogP contribution in [0.5, 0.6) is 0 Å². The molecule has 2 aromatic rings. The van der Waals surface area contributed by atoms with Gasteiger partial charge in [-0.1, -0.05) is 62.2 Å². The molecule has 2 aromatic carbocycles. The lowest BCUT2D eigenvalue weighted by molar-refractivity contribution is -0.121. The highest BCUT2D eigenvalue weighted by atomic mass is 79.9. The molecular weight excluding hydrogens is 410 g/mol. The van der Waals surface area contributed by atoms with Crippen molar-refractivity contribution >= 4 is 37.8 Å². The molecule has 3 nitrogen and oxygen atoms in total. The van der Waals surface area contributed by atoms with Crippen LogP contribution >= 0.6 is 31.9 Å². The first-order valence-corrected chi connectivity index (χ1v) is 8.58. The minimum absolute atomic E-state index is 0.0650. The summed E-state index contributed by atoms with van der Waals surface area (Å²) in [6.07, 6.45) is 0.360. The molecule has 116 valence electrons. The summed E-state index contributed by atoms with van der Waals surface area (Å²) in [5.41, 5.74) is 1.88. The summed E-state index contributed by atoms with van der Waals surface area (Å²) in [5.74, 6) is -0.0650. The number of aryl methyl sites for hydroxylation is 1. The quantitative estimate of drug-likeness (QED) is 0.733. The van der Waals surface area contributed by atoms with Crippen LogP contribution in [-0.4, -0.2) is 17.6 Å². The summed E-state index contributed by atoms with van der Waals surface area (Å²) in [6, 6.07) is 15.3. The van der Waals surface area contributed by atoms with E-state index < -0.39 is 6.10 Å². The SMILES string of the molecule is O=C(CCc1ccccc1Br)NC[C@H](O)c1cccc(Br)c1. The van der Waals surface area contributed by atoms with Crippen molar-refractivity contribution in [1.82, 2.24) is 5.32 Å². The van der Waals surface area contributed by atoms with Gasteiger partial charge in [0.1, 0.15) is 0 Å². The fraction of sp³-hybridized carbons (Fsp3) is 0.235. The second kappa shape index (κ2) is 8.46. The highest BCUT2D eigenvalue weighted by Gasteiger charge is 2.10. The van der Waals surface area contributed by atoms with Crippen molar-refractivity contribution in [3.05, 3.63) is 68.6 Å². The predicted octanol–water partition coefficient (Wildman–Crippen LogP) is 3.99. The monoisotopic (exact) mass is 425 g/mol. The molecule has 0 radical (unpaired) electrons. The maximum Gasteiger partial charge on any atom is 0.220 e. The Hall–Kier alpha value is -1.17. The van der Waals surface area contributed by atoms with Gasteiger partial charge in [0.15, 0.2) is 0 Å². The molecule has 0 bridgehead atoms. The first kappa shape index (κ1) is 17.2. The van der Waals surface area contributed by atoms with Crippen LogP contribution < -0.4 is 5.32 Å². The van der Waals surface area contributed by atoms with E-state index in [1.807, 2.05) is 48.5 Å². The number of rotatable bonds is 6. The summed E-state index contributed by atoms with van der Waals surface area (Å²) in [5, 5.41) is 12.9. The van der Waals surface area contributed by atoms with Gasteiger partial charge in [-0.2, -0.15) is 0 Å². The summed E-state index contributed by atoms with van der Waals surface area (Å²) in [4.78, 5) is 11.9. The Balaban J connectivity index is 1.79. The van der Waals surface area contributed by atoms with Gasteiger partial charge in [-0.25, -0.2) is 0 Å². The van der Waals surface area contributed by atoms with E-state index in [4.69, 9.17) is 0 Å². The Morgan fingerprint density at radius 3 is 2.64 bits per heavy atom. The van der Waals surface area contributed by atoms with Crippen LogP contribution in [0.15, 0.2) is 57.5 Å². The van der Waals surface area contributed by atoms with E-state index in [0.29, 0.717) is 12.8 Å². The van der Waals surface area contributed by atoms with E-state index in [-0.39, 0.29) is 12.5 Å². The third-order valence-electron chi connectivity index (χ3n) is 3.31. The zero-order chi connectivity index (χ0) is 15.9.